The molecular weight excluding hydrogens is 342 g/mol. The van der Waals surface area contributed by atoms with Crippen molar-refractivity contribution in [3.8, 4) is 0 Å². The van der Waals surface area contributed by atoms with Gasteiger partial charge in [0.2, 0.25) is 0 Å². The fraction of sp³-hybridized carbons (Fsp3) is 0.261. The van der Waals surface area contributed by atoms with Crippen molar-refractivity contribution < 1.29 is 8.78 Å². The summed E-state index contributed by atoms with van der Waals surface area (Å²) >= 11 is 0. The van der Waals surface area contributed by atoms with E-state index >= 15 is 0 Å². The molecule has 2 heterocycles. The monoisotopic (exact) mass is 364 g/mol. The molecule has 0 spiro atoms. The lowest BCUT2D eigenvalue weighted by Gasteiger charge is -2.43. The molecular formula is C23H22F2N2. The van der Waals surface area contributed by atoms with Gasteiger partial charge in [0.05, 0.1) is 0 Å². The van der Waals surface area contributed by atoms with E-state index in [0.29, 0.717) is 0 Å². The third kappa shape index (κ3) is 4.06. The SMILES string of the molecule is Fc1ccc(C2CCCC(c3ccc(F)cc3)N2Cc2ccncc2)cc1. The topological polar surface area (TPSA) is 16.1 Å². The summed E-state index contributed by atoms with van der Waals surface area (Å²) in [5.41, 5.74) is 3.43. The lowest BCUT2D eigenvalue weighted by Crippen LogP contribution is -2.36. The molecule has 0 saturated carbocycles. The molecule has 27 heavy (non-hydrogen) atoms. The zero-order valence-corrected chi connectivity index (χ0v) is 15.1. The second-order valence-electron chi connectivity index (χ2n) is 7.09. The van der Waals surface area contributed by atoms with Crippen LogP contribution in [0.3, 0.4) is 0 Å². The number of nitrogens with zero attached hydrogens (tertiary/aromatic N) is 2. The van der Waals surface area contributed by atoms with E-state index in [2.05, 4.69) is 9.88 Å². The molecule has 1 fully saturated rings. The van der Waals surface area contributed by atoms with Crippen LogP contribution >= 0.6 is 0 Å². The number of hydrogen-bond donors (Lipinski definition) is 0. The Balaban J connectivity index is 1.70. The molecule has 4 rings (SSSR count). The normalized spacial score (nSPS) is 20.5. The number of hydrogen-bond acceptors (Lipinski definition) is 2. The molecule has 0 aliphatic carbocycles. The van der Waals surface area contributed by atoms with Crippen molar-refractivity contribution in [3.05, 3.63) is 101 Å². The molecule has 1 aromatic heterocycles. The number of halogens is 2. The van der Waals surface area contributed by atoms with Gasteiger partial charge in [-0.25, -0.2) is 8.78 Å². The average molecular weight is 364 g/mol. The van der Waals surface area contributed by atoms with Gasteiger partial charge < -0.3 is 0 Å². The van der Waals surface area contributed by atoms with Gasteiger partial charge in [-0.05, 0) is 72.4 Å². The van der Waals surface area contributed by atoms with Gasteiger partial charge in [0, 0.05) is 31.0 Å². The highest BCUT2D eigenvalue weighted by Crippen LogP contribution is 2.42. The van der Waals surface area contributed by atoms with E-state index in [1.54, 1.807) is 12.4 Å². The van der Waals surface area contributed by atoms with Gasteiger partial charge in [0.25, 0.3) is 0 Å². The molecule has 138 valence electrons. The summed E-state index contributed by atoms with van der Waals surface area (Å²) in [6, 6.07) is 18.1. The third-order valence-electron chi connectivity index (χ3n) is 5.38. The molecule has 2 atom stereocenters. The maximum Gasteiger partial charge on any atom is 0.123 e. The van der Waals surface area contributed by atoms with Gasteiger partial charge in [0.1, 0.15) is 11.6 Å². The van der Waals surface area contributed by atoms with Gasteiger partial charge in [-0.3, -0.25) is 9.88 Å². The molecule has 2 nitrogen and oxygen atoms in total. The predicted molar refractivity (Wildman–Crippen MR) is 102 cm³/mol. The number of rotatable bonds is 4. The van der Waals surface area contributed by atoms with Crippen LogP contribution in [-0.4, -0.2) is 9.88 Å². The van der Waals surface area contributed by atoms with Crippen molar-refractivity contribution >= 4 is 0 Å². The number of aromatic nitrogens is 1. The lowest BCUT2D eigenvalue weighted by molar-refractivity contribution is 0.0733. The van der Waals surface area contributed by atoms with E-state index < -0.39 is 0 Å². The zero-order valence-electron chi connectivity index (χ0n) is 15.1. The number of piperidine rings is 1. The minimum atomic E-state index is -0.217. The molecule has 0 bridgehead atoms. The van der Waals surface area contributed by atoms with Gasteiger partial charge >= 0.3 is 0 Å². The highest BCUT2D eigenvalue weighted by atomic mass is 19.1. The first-order chi connectivity index (χ1) is 13.2. The van der Waals surface area contributed by atoms with Crippen molar-refractivity contribution in [1.82, 2.24) is 9.88 Å². The molecule has 0 radical (unpaired) electrons. The Morgan fingerprint density at radius 1 is 0.741 bits per heavy atom. The Bertz CT molecular complexity index is 810. The highest BCUT2D eigenvalue weighted by Gasteiger charge is 2.32. The average Bonchev–Trinajstić information content (AvgIpc) is 2.70. The zero-order chi connectivity index (χ0) is 18.6. The van der Waals surface area contributed by atoms with Gasteiger partial charge in [-0.2, -0.15) is 0 Å². The minimum Gasteiger partial charge on any atom is -0.285 e. The first-order valence-corrected chi connectivity index (χ1v) is 9.36. The van der Waals surface area contributed by atoms with Crippen LogP contribution < -0.4 is 0 Å². The number of benzene rings is 2. The Hall–Kier alpha value is -2.59. The maximum atomic E-state index is 13.4. The summed E-state index contributed by atoms with van der Waals surface area (Å²) in [6.07, 6.45) is 6.73. The summed E-state index contributed by atoms with van der Waals surface area (Å²) < 4.78 is 26.8. The Labute approximate surface area is 158 Å². The lowest BCUT2D eigenvalue weighted by atomic mass is 9.87. The minimum absolute atomic E-state index is 0.197. The Kier molecular flexibility index (Phi) is 5.26. The van der Waals surface area contributed by atoms with Gasteiger partial charge in [-0.15, -0.1) is 0 Å². The summed E-state index contributed by atoms with van der Waals surface area (Å²) in [4.78, 5) is 6.57. The first kappa shape index (κ1) is 17.8. The van der Waals surface area contributed by atoms with Crippen LogP contribution in [0.15, 0.2) is 73.1 Å². The Morgan fingerprint density at radius 3 is 1.70 bits per heavy atom. The highest BCUT2D eigenvalue weighted by molar-refractivity contribution is 5.26. The molecule has 1 aliphatic rings. The summed E-state index contributed by atoms with van der Waals surface area (Å²) in [5.74, 6) is -0.435. The third-order valence-corrected chi connectivity index (χ3v) is 5.38. The second kappa shape index (κ2) is 7.97. The van der Waals surface area contributed by atoms with Crippen molar-refractivity contribution in [2.24, 2.45) is 0 Å². The van der Waals surface area contributed by atoms with Gasteiger partial charge in [0.15, 0.2) is 0 Å². The van der Waals surface area contributed by atoms with Crippen LogP contribution in [0.5, 0.6) is 0 Å². The van der Waals surface area contributed by atoms with E-state index in [0.717, 1.165) is 36.9 Å². The number of pyridine rings is 1. The quantitative estimate of drug-likeness (QED) is 0.579. The van der Waals surface area contributed by atoms with Crippen LogP contribution in [0.1, 0.15) is 48.0 Å². The van der Waals surface area contributed by atoms with E-state index in [4.69, 9.17) is 0 Å². The van der Waals surface area contributed by atoms with Gasteiger partial charge in [-0.1, -0.05) is 24.3 Å². The van der Waals surface area contributed by atoms with Crippen LogP contribution in [0, 0.1) is 11.6 Å². The molecule has 0 N–H and O–H groups in total. The van der Waals surface area contributed by atoms with Crippen LogP contribution in [0.4, 0.5) is 8.78 Å². The second-order valence-corrected chi connectivity index (χ2v) is 7.09. The molecule has 4 heteroatoms. The van der Waals surface area contributed by atoms with Crippen LogP contribution in [-0.2, 0) is 6.54 Å². The van der Waals surface area contributed by atoms with Crippen LogP contribution in [0.25, 0.3) is 0 Å². The maximum absolute atomic E-state index is 13.4. The Morgan fingerprint density at radius 2 is 1.22 bits per heavy atom. The van der Waals surface area contributed by atoms with Crippen molar-refractivity contribution in [1.29, 1.82) is 0 Å². The fourth-order valence-electron chi connectivity index (χ4n) is 4.06. The molecule has 2 unspecified atom stereocenters. The largest absolute Gasteiger partial charge is 0.285 e. The van der Waals surface area contributed by atoms with Crippen molar-refractivity contribution in [3.63, 3.8) is 0 Å². The first-order valence-electron chi connectivity index (χ1n) is 9.36. The van der Waals surface area contributed by atoms with Crippen molar-refractivity contribution in [2.75, 3.05) is 0 Å². The van der Waals surface area contributed by atoms with E-state index in [-0.39, 0.29) is 23.7 Å². The standard InChI is InChI=1S/C23H22F2N2/c24-20-8-4-18(5-9-20)22-2-1-3-23(19-6-10-21(25)11-7-19)27(22)16-17-12-14-26-15-13-17/h4-15,22-23H,1-3,16H2. The molecule has 3 aromatic rings. The smallest absolute Gasteiger partial charge is 0.123 e. The predicted octanol–water partition coefficient (Wildman–Crippen LogP) is 5.83. The summed E-state index contributed by atoms with van der Waals surface area (Å²) in [6.45, 7) is 0.770. The molecule has 1 saturated heterocycles. The fourth-order valence-corrected chi connectivity index (χ4v) is 4.06. The summed E-state index contributed by atoms with van der Waals surface area (Å²) in [5, 5.41) is 0. The van der Waals surface area contributed by atoms with E-state index in [1.807, 2.05) is 36.4 Å². The van der Waals surface area contributed by atoms with E-state index in [9.17, 15) is 8.78 Å². The summed E-state index contributed by atoms with van der Waals surface area (Å²) in [7, 11) is 0. The molecule has 0 amide bonds. The molecule has 1 aliphatic heterocycles. The van der Waals surface area contributed by atoms with Crippen molar-refractivity contribution in [2.45, 2.75) is 37.9 Å². The van der Waals surface area contributed by atoms with Crippen LogP contribution in [0.2, 0.25) is 0 Å². The number of likely N-dealkylation sites (tertiary alicyclic amines) is 1. The molecule has 2 aromatic carbocycles. The van der Waals surface area contributed by atoms with E-state index in [1.165, 1.54) is 29.8 Å².